The third-order valence-electron chi connectivity index (χ3n) is 3.69. The smallest absolute Gasteiger partial charge is 0.252 e. The number of imide groups is 1. The average Bonchev–Trinajstić information content (AvgIpc) is 2.73. The number of nitrogens with zero attached hydrogens (tertiary/aromatic N) is 3. The van der Waals surface area contributed by atoms with Gasteiger partial charge in [-0.2, -0.15) is 0 Å². The molecule has 0 spiro atoms. The van der Waals surface area contributed by atoms with Crippen LogP contribution in [0.4, 0.5) is 10.3 Å². The number of likely N-dealkylation sites (N-methyl/N-ethyl adjacent to an activating group) is 1. The number of nitrogens with two attached hydrogens (primary N) is 1. The summed E-state index contributed by atoms with van der Waals surface area (Å²) < 4.78 is 15.8. The van der Waals surface area contributed by atoms with Crippen LogP contribution in [0, 0.1) is 9.39 Å². The van der Waals surface area contributed by atoms with Gasteiger partial charge in [0.2, 0.25) is 11.9 Å². The first-order valence-corrected chi connectivity index (χ1v) is 7.41. The molecule has 1 fully saturated rings. The van der Waals surface area contributed by atoms with Crippen LogP contribution in [0.3, 0.4) is 0 Å². The third kappa shape index (κ3) is 2.17. The van der Waals surface area contributed by atoms with Crippen molar-refractivity contribution in [2.75, 3.05) is 12.8 Å². The third-order valence-corrected chi connectivity index (χ3v) is 4.52. The molecule has 1 saturated heterocycles. The standard InChI is InChI=1S/C13H12FIN4O2/c1-18-11(20)3-2-9(12(18)21)19-10-4-6(14)7(15)5-8(10)17-13(19)16/h4-5,9H,2-3H2,1H3,(H2,16,17). The van der Waals surface area contributed by atoms with E-state index in [1.54, 1.807) is 6.07 Å². The SMILES string of the molecule is CN1C(=O)CCC(n2c(N)nc3cc(I)c(F)cc32)C1=O. The summed E-state index contributed by atoms with van der Waals surface area (Å²) in [6.07, 6.45) is 0.587. The Morgan fingerprint density at radius 3 is 2.86 bits per heavy atom. The molecule has 1 atom stereocenters. The molecule has 21 heavy (non-hydrogen) atoms. The Labute approximate surface area is 133 Å². The second kappa shape index (κ2) is 4.93. The van der Waals surface area contributed by atoms with Crippen LogP contribution in [0.2, 0.25) is 0 Å². The summed E-state index contributed by atoms with van der Waals surface area (Å²) in [4.78, 5) is 29.1. The molecule has 2 heterocycles. The molecule has 1 aromatic heterocycles. The van der Waals surface area contributed by atoms with E-state index in [1.807, 2.05) is 22.6 Å². The first kappa shape index (κ1) is 14.2. The van der Waals surface area contributed by atoms with Gasteiger partial charge in [0.05, 0.1) is 14.6 Å². The van der Waals surface area contributed by atoms with Crippen molar-refractivity contribution >= 4 is 51.4 Å². The first-order valence-electron chi connectivity index (χ1n) is 6.33. The number of fused-ring (bicyclic) bond motifs is 1. The minimum Gasteiger partial charge on any atom is -0.369 e. The van der Waals surface area contributed by atoms with E-state index in [0.717, 1.165) is 4.90 Å². The van der Waals surface area contributed by atoms with Crippen molar-refractivity contribution in [2.24, 2.45) is 0 Å². The summed E-state index contributed by atoms with van der Waals surface area (Å²) in [7, 11) is 1.44. The molecule has 1 aliphatic heterocycles. The molecular weight excluding hydrogens is 390 g/mol. The molecule has 0 radical (unpaired) electrons. The Balaban J connectivity index is 2.16. The lowest BCUT2D eigenvalue weighted by Gasteiger charge is -2.29. The minimum atomic E-state index is -0.628. The number of rotatable bonds is 1. The van der Waals surface area contributed by atoms with Crippen LogP contribution in [-0.2, 0) is 9.59 Å². The van der Waals surface area contributed by atoms with Crippen molar-refractivity contribution in [1.82, 2.24) is 14.5 Å². The van der Waals surface area contributed by atoms with E-state index in [4.69, 9.17) is 5.73 Å². The van der Waals surface area contributed by atoms with Gasteiger partial charge in [0.15, 0.2) is 0 Å². The predicted octanol–water partition coefficient (Wildman–Crippen LogP) is 1.68. The molecule has 110 valence electrons. The normalized spacial score (nSPS) is 19.6. The van der Waals surface area contributed by atoms with Gasteiger partial charge in [-0.05, 0) is 35.1 Å². The van der Waals surface area contributed by atoms with Crippen LogP contribution in [0.1, 0.15) is 18.9 Å². The summed E-state index contributed by atoms with van der Waals surface area (Å²) in [5.41, 5.74) is 6.90. The molecule has 0 bridgehead atoms. The lowest BCUT2D eigenvalue weighted by molar-refractivity contribution is -0.149. The van der Waals surface area contributed by atoms with Gasteiger partial charge < -0.3 is 5.73 Å². The molecular formula is C13H12FIN4O2. The number of hydrogen-bond donors (Lipinski definition) is 1. The Kier molecular flexibility index (Phi) is 3.34. The van der Waals surface area contributed by atoms with Gasteiger partial charge >= 0.3 is 0 Å². The van der Waals surface area contributed by atoms with E-state index in [2.05, 4.69) is 4.98 Å². The van der Waals surface area contributed by atoms with Gasteiger partial charge in [0, 0.05) is 19.5 Å². The summed E-state index contributed by atoms with van der Waals surface area (Å²) >= 11 is 1.87. The fraction of sp³-hybridized carbons (Fsp3) is 0.308. The highest BCUT2D eigenvalue weighted by molar-refractivity contribution is 14.1. The number of halogens is 2. The molecule has 8 heteroatoms. The van der Waals surface area contributed by atoms with Crippen LogP contribution < -0.4 is 5.73 Å². The van der Waals surface area contributed by atoms with Crippen LogP contribution >= 0.6 is 22.6 Å². The number of carbonyl (C=O) groups excluding carboxylic acids is 2. The van der Waals surface area contributed by atoms with Crippen molar-refractivity contribution in [3.8, 4) is 0 Å². The average molecular weight is 402 g/mol. The van der Waals surface area contributed by atoms with Crippen molar-refractivity contribution in [2.45, 2.75) is 18.9 Å². The van der Waals surface area contributed by atoms with Crippen molar-refractivity contribution in [1.29, 1.82) is 0 Å². The molecule has 3 rings (SSSR count). The van der Waals surface area contributed by atoms with Gasteiger partial charge in [-0.1, -0.05) is 0 Å². The Morgan fingerprint density at radius 2 is 2.14 bits per heavy atom. The Morgan fingerprint density at radius 1 is 1.43 bits per heavy atom. The second-order valence-corrected chi connectivity index (χ2v) is 6.10. The van der Waals surface area contributed by atoms with E-state index in [-0.39, 0.29) is 24.2 Å². The highest BCUT2D eigenvalue weighted by Crippen LogP contribution is 2.31. The van der Waals surface area contributed by atoms with Crippen LogP contribution in [0.15, 0.2) is 12.1 Å². The number of piperidine rings is 1. The van der Waals surface area contributed by atoms with E-state index >= 15 is 0 Å². The number of nitrogen functional groups attached to an aromatic ring is 1. The number of aromatic nitrogens is 2. The predicted molar refractivity (Wildman–Crippen MR) is 82.9 cm³/mol. The van der Waals surface area contributed by atoms with Crippen molar-refractivity contribution < 1.29 is 14.0 Å². The summed E-state index contributed by atoms with van der Waals surface area (Å²) in [5.74, 6) is -0.819. The number of carbonyl (C=O) groups is 2. The zero-order valence-corrected chi connectivity index (χ0v) is 13.3. The molecule has 0 aliphatic carbocycles. The van der Waals surface area contributed by atoms with E-state index in [9.17, 15) is 14.0 Å². The van der Waals surface area contributed by atoms with Crippen LogP contribution in [-0.4, -0.2) is 33.3 Å². The zero-order chi connectivity index (χ0) is 15.3. The van der Waals surface area contributed by atoms with E-state index in [1.165, 1.54) is 17.7 Å². The van der Waals surface area contributed by atoms with Crippen LogP contribution in [0.25, 0.3) is 11.0 Å². The molecule has 6 nitrogen and oxygen atoms in total. The maximum atomic E-state index is 13.8. The number of benzene rings is 1. The molecule has 0 saturated carbocycles. The quantitative estimate of drug-likeness (QED) is 0.582. The lowest BCUT2D eigenvalue weighted by Crippen LogP contribution is -2.43. The number of anilines is 1. The Hall–Kier alpha value is -1.71. The number of amides is 2. The molecule has 1 unspecified atom stereocenters. The minimum absolute atomic E-state index is 0.146. The second-order valence-electron chi connectivity index (χ2n) is 4.94. The summed E-state index contributed by atoms with van der Waals surface area (Å²) in [5, 5.41) is 0. The van der Waals surface area contributed by atoms with Crippen molar-refractivity contribution in [3.63, 3.8) is 0 Å². The highest BCUT2D eigenvalue weighted by Gasteiger charge is 2.35. The van der Waals surface area contributed by atoms with Gasteiger partial charge in [-0.3, -0.25) is 19.1 Å². The van der Waals surface area contributed by atoms with Gasteiger partial charge in [0.1, 0.15) is 11.9 Å². The zero-order valence-electron chi connectivity index (χ0n) is 11.1. The van der Waals surface area contributed by atoms with E-state index < -0.39 is 11.9 Å². The molecule has 2 aromatic rings. The maximum absolute atomic E-state index is 13.8. The summed E-state index contributed by atoms with van der Waals surface area (Å²) in [6, 6.07) is 2.28. The van der Waals surface area contributed by atoms with Gasteiger partial charge in [0.25, 0.3) is 5.91 Å². The highest BCUT2D eigenvalue weighted by atomic mass is 127. The maximum Gasteiger partial charge on any atom is 0.252 e. The molecule has 2 N–H and O–H groups in total. The van der Waals surface area contributed by atoms with Gasteiger partial charge in [-0.15, -0.1) is 0 Å². The van der Waals surface area contributed by atoms with Crippen LogP contribution in [0.5, 0.6) is 0 Å². The van der Waals surface area contributed by atoms with Crippen molar-refractivity contribution in [3.05, 3.63) is 21.5 Å². The molecule has 1 aliphatic rings. The number of hydrogen-bond acceptors (Lipinski definition) is 4. The topological polar surface area (TPSA) is 81.2 Å². The molecule has 1 aromatic carbocycles. The monoisotopic (exact) mass is 402 g/mol. The largest absolute Gasteiger partial charge is 0.369 e. The molecule has 2 amide bonds. The Bertz CT molecular complexity index is 773. The van der Waals surface area contributed by atoms with E-state index in [0.29, 0.717) is 21.0 Å². The fourth-order valence-corrected chi connectivity index (χ4v) is 3.02. The number of imidazole rings is 1. The summed E-state index contributed by atoms with van der Waals surface area (Å²) in [6.45, 7) is 0. The fourth-order valence-electron chi connectivity index (χ4n) is 2.57. The lowest BCUT2D eigenvalue weighted by atomic mass is 10.0. The van der Waals surface area contributed by atoms with Gasteiger partial charge in [-0.25, -0.2) is 9.37 Å². The number of likely N-dealkylation sites (tertiary alicyclic amines) is 1. The first-order chi connectivity index (χ1) is 9.90.